The van der Waals surface area contributed by atoms with E-state index < -0.39 is 6.16 Å². The molecule has 1 rings (SSSR count). The van der Waals surface area contributed by atoms with Gasteiger partial charge in [0, 0.05) is 6.54 Å². The normalized spacial score (nSPS) is 9.55. The van der Waals surface area contributed by atoms with Crippen LogP contribution in [0, 0.1) is 0 Å². The highest BCUT2D eigenvalue weighted by atomic mass is 16.7. The van der Waals surface area contributed by atoms with Crippen LogP contribution >= 0.6 is 0 Å². The fourth-order valence-electron chi connectivity index (χ4n) is 0.721. The van der Waals surface area contributed by atoms with E-state index in [0.29, 0.717) is 6.54 Å². The van der Waals surface area contributed by atoms with Gasteiger partial charge in [0.1, 0.15) is 0 Å². The fraction of sp³-hybridized carbons (Fsp3) is 0.333. The number of rotatable bonds is 2. The van der Waals surface area contributed by atoms with Gasteiger partial charge in [0.25, 0.3) is 0 Å². The van der Waals surface area contributed by atoms with Crippen molar-refractivity contribution >= 4 is 6.16 Å². The molecule has 0 radical (unpaired) electrons. The molecule has 0 aliphatic rings. The van der Waals surface area contributed by atoms with Gasteiger partial charge in [0.15, 0.2) is 0 Å². The Morgan fingerprint density at radius 2 is 2.64 bits per heavy atom. The lowest BCUT2D eigenvalue weighted by Gasteiger charge is -2.00. The van der Waals surface area contributed by atoms with Crippen LogP contribution in [0.25, 0.3) is 0 Å². The predicted molar refractivity (Wildman–Crippen MR) is 36.6 cm³/mol. The van der Waals surface area contributed by atoms with Crippen LogP contribution in [-0.4, -0.2) is 20.8 Å². The number of hydrogen-bond acceptors (Lipinski definition) is 3. The Bertz CT molecular complexity index is 256. The minimum Gasteiger partial charge on any atom is -0.449 e. The number of aromatic nitrogens is 2. The molecule has 0 spiro atoms. The zero-order valence-corrected chi connectivity index (χ0v) is 6.02. The zero-order chi connectivity index (χ0) is 8.27. The maximum atomic E-state index is 10.1. The summed E-state index contributed by atoms with van der Waals surface area (Å²) in [5, 5.41) is 8.24. The Labute approximate surface area is 63.2 Å². The quantitative estimate of drug-likeness (QED) is 0.647. The summed E-state index contributed by atoms with van der Waals surface area (Å²) in [5.74, 6) is 0.250. The van der Waals surface area contributed by atoms with Crippen molar-refractivity contribution in [1.82, 2.24) is 9.55 Å². The van der Waals surface area contributed by atoms with Crippen LogP contribution in [0.2, 0.25) is 0 Å². The number of carboxylic acid groups (broad SMARTS) is 1. The van der Waals surface area contributed by atoms with Crippen LogP contribution in [0.3, 0.4) is 0 Å². The van der Waals surface area contributed by atoms with Crippen LogP contribution in [0.4, 0.5) is 4.79 Å². The minimum absolute atomic E-state index is 0.250. The molecule has 11 heavy (non-hydrogen) atoms. The average Bonchev–Trinajstić information content (AvgIpc) is 2.34. The van der Waals surface area contributed by atoms with Crippen molar-refractivity contribution in [3.05, 3.63) is 12.5 Å². The van der Waals surface area contributed by atoms with Gasteiger partial charge < -0.3 is 14.4 Å². The Morgan fingerprint density at radius 3 is 3.18 bits per heavy atom. The standard InChI is InChI=1S/C6H8N2O3/c1-2-8-4-7-3-5(8)11-6(9)10/h3-4H,2H2,1H3,(H,9,10). The molecule has 60 valence electrons. The molecule has 0 saturated heterocycles. The van der Waals surface area contributed by atoms with Crippen LogP contribution in [0.5, 0.6) is 5.88 Å². The first-order valence-electron chi connectivity index (χ1n) is 3.15. The third kappa shape index (κ3) is 1.70. The van der Waals surface area contributed by atoms with Crippen molar-refractivity contribution in [2.45, 2.75) is 13.5 Å². The van der Waals surface area contributed by atoms with E-state index in [1.54, 1.807) is 4.57 Å². The number of ether oxygens (including phenoxy) is 1. The molecule has 1 N–H and O–H groups in total. The van der Waals surface area contributed by atoms with Gasteiger partial charge in [0.2, 0.25) is 5.88 Å². The molecule has 0 unspecified atom stereocenters. The molecule has 5 heteroatoms. The summed E-state index contributed by atoms with van der Waals surface area (Å²) in [4.78, 5) is 13.8. The van der Waals surface area contributed by atoms with Gasteiger partial charge in [0.05, 0.1) is 12.5 Å². The molecule has 0 aliphatic carbocycles. The monoisotopic (exact) mass is 156 g/mol. The predicted octanol–water partition coefficient (Wildman–Crippen LogP) is 0.960. The van der Waals surface area contributed by atoms with Crippen molar-refractivity contribution < 1.29 is 14.6 Å². The van der Waals surface area contributed by atoms with E-state index in [-0.39, 0.29) is 5.88 Å². The van der Waals surface area contributed by atoms with Crippen molar-refractivity contribution in [1.29, 1.82) is 0 Å². The molecule has 0 atom stereocenters. The number of imidazole rings is 1. The van der Waals surface area contributed by atoms with Crippen LogP contribution in [-0.2, 0) is 6.54 Å². The Morgan fingerprint density at radius 1 is 1.91 bits per heavy atom. The van der Waals surface area contributed by atoms with Gasteiger partial charge >= 0.3 is 6.16 Å². The van der Waals surface area contributed by atoms with Crippen molar-refractivity contribution in [2.75, 3.05) is 0 Å². The average molecular weight is 156 g/mol. The summed E-state index contributed by atoms with van der Waals surface area (Å²) in [6.07, 6.45) is 1.55. The fourth-order valence-corrected chi connectivity index (χ4v) is 0.721. The molecule has 5 nitrogen and oxygen atoms in total. The Hall–Kier alpha value is -1.52. The zero-order valence-electron chi connectivity index (χ0n) is 6.02. The van der Waals surface area contributed by atoms with E-state index in [1.165, 1.54) is 12.5 Å². The van der Waals surface area contributed by atoms with Crippen molar-refractivity contribution in [3.8, 4) is 5.88 Å². The third-order valence-electron chi connectivity index (χ3n) is 1.21. The lowest BCUT2D eigenvalue weighted by atomic mass is 10.7. The molecular formula is C6H8N2O3. The molecule has 0 amide bonds. The Kier molecular flexibility index (Phi) is 2.10. The molecular weight excluding hydrogens is 148 g/mol. The molecule has 1 aromatic heterocycles. The topological polar surface area (TPSA) is 64.4 Å². The molecule has 0 aromatic carbocycles. The maximum absolute atomic E-state index is 10.1. The van der Waals surface area contributed by atoms with Gasteiger partial charge in [-0.15, -0.1) is 0 Å². The summed E-state index contributed by atoms with van der Waals surface area (Å²) in [6.45, 7) is 2.51. The SMILES string of the molecule is CCn1cncc1OC(=O)O. The summed E-state index contributed by atoms with van der Waals surface area (Å²) in [6, 6.07) is 0. The van der Waals surface area contributed by atoms with Gasteiger partial charge in [-0.1, -0.05) is 0 Å². The second-order valence-electron chi connectivity index (χ2n) is 1.89. The highest BCUT2D eigenvalue weighted by Crippen LogP contribution is 2.08. The largest absolute Gasteiger partial charge is 0.512 e. The second kappa shape index (κ2) is 3.05. The number of hydrogen-bond donors (Lipinski definition) is 1. The van der Waals surface area contributed by atoms with E-state index >= 15 is 0 Å². The van der Waals surface area contributed by atoms with Gasteiger partial charge in [-0.25, -0.2) is 9.78 Å². The van der Waals surface area contributed by atoms with E-state index in [2.05, 4.69) is 9.72 Å². The molecule has 1 aromatic rings. The van der Waals surface area contributed by atoms with Crippen LogP contribution in [0.1, 0.15) is 6.92 Å². The van der Waals surface area contributed by atoms with E-state index in [4.69, 9.17) is 5.11 Å². The number of carbonyl (C=O) groups is 1. The Balaban J connectivity index is 2.76. The summed E-state index contributed by atoms with van der Waals surface area (Å²) in [7, 11) is 0. The summed E-state index contributed by atoms with van der Waals surface area (Å²) in [5.41, 5.74) is 0. The van der Waals surface area contributed by atoms with Crippen molar-refractivity contribution in [3.63, 3.8) is 0 Å². The number of aryl methyl sites for hydroxylation is 1. The van der Waals surface area contributed by atoms with Gasteiger partial charge in [-0.3, -0.25) is 0 Å². The highest BCUT2D eigenvalue weighted by molar-refractivity contribution is 5.60. The molecule has 0 saturated carbocycles. The van der Waals surface area contributed by atoms with Crippen LogP contribution < -0.4 is 4.74 Å². The van der Waals surface area contributed by atoms with Crippen molar-refractivity contribution in [2.24, 2.45) is 0 Å². The van der Waals surface area contributed by atoms with Gasteiger partial charge in [-0.2, -0.15) is 0 Å². The molecule has 0 bridgehead atoms. The third-order valence-corrected chi connectivity index (χ3v) is 1.21. The lowest BCUT2D eigenvalue weighted by molar-refractivity contribution is 0.140. The highest BCUT2D eigenvalue weighted by Gasteiger charge is 2.04. The van der Waals surface area contributed by atoms with Gasteiger partial charge in [-0.05, 0) is 6.92 Å². The van der Waals surface area contributed by atoms with E-state index in [0.717, 1.165) is 0 Å². The summed E-state index contributed by atoms with van der Waals surface area (Å²) < 4.78 is 5.98. The minimum atomic E-state index is -1.32. The summed E-state index contributed by atoms with van der Waals surface area (Å²) >= 11 is 0. The second-order valence-corrected chi connectivity index (χ2v) is 1.89. The smallest absolute Gasteiger partial charge is 0.449 e. The van der Waals surface area contributed by atoms with Crippen LogP contribution in [0.15, 0.2) is 12.5 Å². The first-order chi connectivity index (χ1) is 5.24. The van der Waals surface area contributed by atoms with E-state index in [9.17, 15) is 4.79 Å². The first-order valence-corrected chi connectivity index (χ1v) is 3.15. The number of nitrogens with zero attached hydrogens (tertiary/aromatic N) is 2. The lowest BCUT2D eigenvalue weighted by Crippen LogP contribution is -2.07. The molecule has 0 aliphatic heterocycles. The molecule has 0 fully saturated rings. The molecule has 1 heterocycles. The maximum Gasteiger partial charge on any atom is 0.512 e. The van der Waals surface area contributed by atoms with E-state index in [1.807, 2.05) is 6.92 Å². The first kappa shape index (κ1) is 7.59.